The molecule has 0 saturated carbocycles. The maximum absolute atomic E-state index is 3.56. The summed E-state index contributed by atoms with van der Waals surface area (Å²) in [5, 5.41) is 3.56. The molecule has 2 fully saturated rings. The number of rotatable bonds is 4. The van der Waals surface area contributed by atoms with Crippen molar-refractivity contribution in [3.8, 4) is 0 Å². The molecule has 0 aromatic rings. The Morgan fingerprint density at radius 3 is 2.39 bits per heavy atom. The Labute approximate surface area is 113 Å². The number of piperidine rings is 2. The van der Waals surface area contributed by atoms with Gasteiger partial charge in [-0.2, -0.15) is 0 Å². The molecule has 1 N–H and O–H groups in total. The van der Waals surface area contributed by atoms with Crippen LogP contribution in [0.3, 0.4) is 0 Å². The van der Waals surface area contributed by atoms with E-state index in [0.717, 1.165) is 18.1 Å². The molecule has 2 aliphatic heterocycles. The Bertz CT molecular complexity index is 228. The fraction of sp³-hybridized carbons (Fsp3) is 1.00. The number of likely N-dealkylation sites (tertiary alicyclic amines) is 1. The summed E-state index contributed by atoms with van der Waals surface area (Å²) in [6.45, 7) is 13.2. The summed E-state index contributed by atoms with van der Waals surface area (Å²) in [5.41, 5.74) is 0. The van der Waals surface area contributed by atoms with Crippen LogP contribution in [-0.2, 0) is 0 Å². The standard InChI is InChI=1S/C15H31N3/c1-4-18(15-6-5-9-16-12-15)14-7-10-17(11-8-14)13(2)3/h13-16H,4-12H2,1-3H3. The highest BCUT2D eigenvalue weighted by Gasteiger charge is 2.29. The third-order valence-corrected chi connectivity index (χ3v) is 4.80. The zero-order valence-corrected chi connectivity index (χ0v) is 12.5. The van der Waals surface area contributed by atoms with Gasteiger partial charge in [0.25, 0.3) is 0 Å². The maximum atomic E-state index is 3.56. The predicted molar refractivity (Wildman–Crippen MR) is 78.0 cm³/mol. The van der Waals surface area contributed by atoms with Crippen LogP contribution >= 0.6 is 0 Å². The van der Waals surface area contributed by atoms with Crippen LogP contribution in [0.2, 0.25) is 0 Å². The molecule has 0 aromatic carbocycles. The molecule has 0 spiro atoms. The van der Waals surface area contributed by atoms with Gasteiger partial charge in [0.15, 0.2) is 0 Å². The van der Waals surface area contributed by atoms with Gasteiger partial charge in [0.2, 0.25) is 0 Å². The highest BCUT2D eigenvalue weighted by Crippen LogP contribution is 2.22. The van der Waals surface area contributed by atoms with Crippen molar-refractivity contribution in [3.63, 3.8) is 0 Å². The molecule has 0 amide bonds. The highest BCUT2D eigenvalue weighted by atomic mass is 15.2. The fourth-order valence-corrected chi connectivity index (χ4v) is 3.66. The van der Waals surface area contributed by atoms with E-state index in [1.807, 2.05) is 0 Å². The van der Waals surface area contributed by atoms with Gasteiger partial charge >= 0.3 is 0 Å². The minimum absolute atomic E-state index is 0.720. The molecule has 0 bridgehead atoms. The number of likely N-dealkylation sites (N-methyl/N-ethyl adjacent to an activating group) is 1. The normalized spacial score (nSPS) is 28.2. The molecule has 2 rings (SSSR count). The highest BCUT2D eigenvalue weighted by molar-refractivity contribution is 4.86. The minimum Gasteiger partial charge on any atom is -0.315 e. The van der Waals surface area contributed by atoms with E-state index >= 15 is 0 Å². The molecule has 0 radical (unpaired) electrons. The van der Waals surface area contributed by atoms with Crippen LogP contribution in [0.25, 0.3) is 0 Å². The van der Waals surface area contributed by atoms with Crippen LogP contribution in [0.5, 0.6) is 0 Å². The molecule has 0 aliphatic carbocycles. The molecule has 18 heavy (non-hydrogen) atoms. The van der Waals surface area contributed by atoms with E-state index in [0.29, 0.717) is 0 Å². The lowest BCUT2D eigenvalue weighted by Gasteiger charge is -2.44. The van der Waals surface area contributed by atoms with E-state index in [2.05, 4.69) is 35.9 Å². The van der Waals surface area contributed by atoms with Crippen molar-refractivity contribution in [1.29, 1.82) is 0 Å². The zero-order chi connectivity index (χ0) is 13.0. The van der Waals surface area contributed by atoms with Crippen LogP contribution in [-0.4, -0.2) is 60.6 Å². The summed E-state index contributed by atoms with van der Waals surface area (Å²) in [4.78, 5) is 5.41. The smallest absolute Gasteiger partial charge is 0.0223 e. The Hall–Kier alpha value is -0.120. The van der Waals surface area contributed by atoms with Gasteiger partial charge in [-0.05, 0) is 65.7 Å². The summed E-state index contributed by atoms with van der Waals surface area (Å²) in [6.07, 6.45) is 5.47. The summed E-state index contributed by atoms with van der Waals surface area (Å²) < 4.78 is 0. The number of nitrogens with one attached hydrogen (secondary N) is 1. The third-order valence-electron chi connectivity index (χ3n) is 4.80. The first-order chi connectivity index (χ1) is 8.72. The molecule has 106 valence electrons. The van der Waals surface area contributed by atoms with Crippen molar-refractivity contribution < 1.29 is 0 Å². The molecule has 3 heteroatoms. The molecule has 1 unspecified atom stereocenters. The molecule has 3 nitrogen and oxygen atoms in total. The van der Waals surface area contributed by atoms with E-state index in [4.69, 9.17) is 0 Å². The first kappa shape index (κ1) is 14.3. The van der Waals surface area contributed by atoms with Crippen LogP contribution in [0.15, 0.2) is 0 Å². The average molecular weight is 253 g/mol. The van der Waals surface area contributed by atoms with E-state index < -0.39 is 0 Å². The predicted octanol–water partition coefficient (Wildman–Crippen LogP) is 1.93. The van der Waals surface area contributed by atoms with E-state index in [1.54, 1.807) is 0 Å². The molecule has 1 atom stereocenters. The summed E-state index contributed by atoms with van der Waals surface area (Å²) in [7, 11) is 0. The minimum atomic E-state index is 0.720. The van der Waals surface area contributed by atoms with Gasteiger partial charge in [-0.15, -0.1) is 0 Å². The maximum Gasteiger partial charge on any atom is 0.0223 e. The molecular weight excluding hydrogens is 222 g/mol. The van der Waals surface area contributed by atoms with Crippen LogP contribution in [0, 0.1) is 0 Å². The molecular formula is C15H31N3. The van der Waals surface area contributed by atoms with Gasteiger partial charge in [0.1, 0.15) is 0 Å². The largest absolute Gasteiger partial charge is 0.315 e. The van der Waals surface area contributed by atoms with Crippen LogP contribution in [0.4, 0.5) is 0 Å². The summed E-state index contributed by atoms with van der Waals surface area (Å²) in [6, 6.07) is 2.34. The number of nitrogens with zero attached hydrogens (tertiary/aromatic N) is 2. The summed E-state index contributed by atoms with van der Waals surface area (Å²) in [5.74, 6) is 0. The van der Waals surface area contributed by atoms with Crippen molar-refractivity contribution in [3.05, 3.63) is 0 Å². The number of hydrogen-bond acceptors (Lipinski definition) is 3. The second-order valence-corrected chi connectivity index (χ2v) is 6.19. The SMILES string of the molecule is CCN(C1CCN(C(C)C)CC1)C1CCCNC1. The van der Waals surface area contributed by atoms with Crippen molar-refractivity contribution in [2.45, 2.75) is 64.6 Å². The van der Waals surface area contributed by atoms with E-state index in [-0.39, 0.29) is 0 Å². The first-order valence-corrected chi connectivity index (χ1v) is 7.93. The second kappa shape index (κ2) is 6.88. The average Bonchev–Trinajstić information content (AvgIpc) is 2.41. The van der Waals surface area contributed by atoms with Gasteiger partial charge in [0, 0.05) is 24.7 Å². The van der Waals surface area contributed by atoms with Gasteiger partial charge in [-0.1, -0.05) is 6.92 Å². The topological polar surface area (TPSA) is 18.5 Å². The summed E-state index contributed by atoms with van der Waals surface area (Å²) >= 11 is 0. The molecule has 2 aliphatic rings. The van der Waals surface area contributed by atoms with Crippen molar-refractivity contribution in [2.24, 2.45) is 0 Å². The lowest BCUT2D eigenvalue weighted by molar-refractivity contribution is 0.0577. The van der Waals surface area contributed by atoms with E-state index in [9.17, 15) is 0 Å². The molecule has 2 heterocycles. The van der Waals surface area contributed by atoms with Gasteiger partial charge in [-0.25, -0.2) is 0 Å². The first-order valence-electron chi connectivity index (χ1n) is 7.93. The quantitative estimate of drug-likeness (QED) is 0.826. The monoisotopic (exact) mass is 253 g/mol. The van der Waals surface area contributed by atoms with E-state index in [1.165, 1.54) is 58.4 Å². The van der Waals surface area contributed by atoms with Crippen molar-refractivity contribution in [1.82, 2.24) is 15.1 Å². The molecule has 2 saturated heterocycles. The van der Waals surface area contributed by atoms with Crippen molar-refractivity contribution >= 4 is 0 Å². The number of hydrogen-bond donors (Lipinski definition) is 1. The van der Waals surface area contributed by atoms with Crippen molar-refractivity contribution in [2.75, 3.05) is 32.7 Å². The van der Waals surface area contributed by atoms with Gasteiger partial charge < -0.3 is 10.2 Å². The van der Waals surface area contributed by atoms with Gasteiger partial charge in [-0.3, -0.25) is 4.90 Å². The Kier molecular flexibility index (Phi) is 5.46. The van der Waals surface area contributed by atoms with Crippen LogP contribution < -0.4 is 5.32 Å². The second-order valence-electron chi connectivity index (χ2n) is 6.19. The zero-order valence-electron chi connectivity index (χ0n) is 12.5. The van der Waals surface area contributed by atoms with Crippen LogP contribution in [0.1, 0.15) is 46.5 Å². The Morgan fingerprint density at radius 1 is 1.17 bits per heavy atom. The Balaban J connectivity index is 1.85. The Morgan fingerprint density at radius 2 is 1.89 bits per heavy atom. The van der Waals surface area contributed by atoms with Gasteiger partial charge in [0.05, 0.1) is 0 Å². The lowest BCUT2D eigenvalue weighted by Crippen LogP contribution is -2.54. The third kappa shape index (κ3) is 3.46. The fourth-order valence-electron chi connectivity index (χ4n) is 3.66. The lowest BCUT2D eigenvalue weighted by atomic mass is 9.97. The molecule has 0 aromatic heterocycles.